The number of alkyl halides is 1. The first-order valence-corrected chi connectivity index (χ1v) is 9.60. The van der Waals surface area contributed by atoms with Crippen molar-refractivity contribution in [2.45, 2.75) is 13.6 Å². The van der Waals surface area contributed by atoms with Crippen molar-refractivity contribution < 1.29 is 35.8 Å². The van der Waals surface area contributed by atoms with E-state index in [1.807, 2.05) is 6.92 Å². The standard InChI is InChI=1S/C18H13F3N2.C6H2F4O/c1-11-9-22-18(23-10-11)13-4-2-12(3-5-13)14-6-16(20)15(8-19)17(21)7-14;7-4-1-3(11-10)2-5(8)6(4)9/h2-7,9-10H,8H2,1H3;1-2H. The SMILES string of the molecule is Cc1cnc(-c2ccc(-c3cc(F)c(CF)c(F)c3)cc2)nc1.FOc1cc(F)c(F)c(F)c1. The molecule has 0 aliphatic rings. The molecule has 3 aromatic carbocycles. The van der Waals surface area contributed by atoms with Crippen LogP contribution in [0.4, 0.5) is 30.9 Å². The summed E-state index contributed by atoms with van der Waals surface area (Å²) in [5.41, 5.74) is 2.20. The molecule has 4 aromatic rings. The fraction of sp³-hybridized carbons (Fsp3) is 0.0833. The van der Waals surface area contributed by atoms with Crippen LogP contribution in [-0.2, 0) is 6.67 Å². The normalized spacial score (nSPS) is 10.5. The van der Waals surface area contributed by atoms with E-state index in [1.165, 1.54) is 0 Å². The molecule has 0 spiro atoms. The van der Waals surface area contributed by atoms with E-state index in [0.717, 1.165) is 23.3 Å². The van der Waals surface area contributed by atoms with Gasteiger partial charge in [0.1, 0.15) is 18.3 Å². The molecule has 0 unspecified atom stereocenters. The molecule has 0 aliphatic carbocycles. The first-order chi connectivity index (χ1) is 16.2. The predicted molar refractivity (Wildman–Crippen MR) is 110 cm³/mol. The molecule has 34 heavy (non-hydrogen) atoms. The molecule has 0 N–H and O–H groups in total. The lowest BCUT2D eigenvalue weighted by Crippen LogP contribution is -1.94. The Hall–Kier alpha value is -3.95. The Balaban J connectivity index is 0.000000248. The minimum absolute atomic E-state index is 0.355. The molecule has 0 saturated heterocycles. The molecule has 4 rings (SSSR count). The molecule has 3 nitrogen and oxygen atoms in total. The minimum atomic E-state index is -1.65. The van der Waals surface area contributed by atoms with Crippen LogP contribution in [0.3, 0.4) is 0 Å². The molecule has 0 bridgehead atoms. The molecule has 0 aliphatic heterocycles. The third kappa shape index (κ3) is 5.69. The summed E-state index contributed by atoms with van der Waals surface area (Å²) in [6.45, 7) is 0.735. The highest BCUT2D eigenvalue weighted by atomic mass is 19.3. The quantitative estimate of drug-likeness (QED) is 0.228. The second kappa shape index (κ2) is 10.8. The Morgan fingerprint density at radius 1 is 0.706 bits per heavy atom. The van der Waals surface area contributed by atoms with Crippen LogP contribution in [0.25, 0.3) is 22.5 Å². The minimum Gasteiger partial charge on any atom is -0.294 e. The topological polar surface area (TPSA) is 35.0 Å². The van der Waals surface area contributed by atoms with Crippen LogP contribution in [0.5, 0.6) is 5.75 Å². The van der Waals surface area contributed by atoms with Crippen molar-refractivity contribution >= 4 is 0 Å². The highest BCUT2D eigenvalue weighted by Crippen LogP contribution is 2.27. The second-order valence-corrected chi connectivity index (χ2v) is 6.99. The van der Waals surface area contributed by atoms with E-state index < -0.39 is 47.1 Å². The Morgan fingerprint density at radius 2 is 1.21 bits per heavy atom. The molecule has 0 amide bonds. The van der Waals surface area contributed by atoms with Gasteiger partial charge in [-0.25, -0.2) is 36.3 Å². The molecule has 0 atom stereocenters. The average Bonchev–Trinajstić information content (AvgIpc) is 2.83. The number of aromatic nitrogens is 2. The summed E-state index contributed by atoms with van der Waals surface area (Å²) < 4.78 is 87.6. The largest absolute Gasteiger partial charge is 0.294 e. The van der Waals surface area contributed by atoms with Crippen LogP contribution in [0.1, 0.15) is 11.1 Å². The lowest BCUT2D eigenvalue weighted by Gasteiger charge is -2.07. The van der Waals surface area contributed by atoms with Crippen molar-refractivity contribution in [3.8, 4) is 28.3 Å². The molecular formula is C24H15F7N2O. The van der Waals surface area contributed by atoms with Gasteiger partial charge in [0.05, 0.1) is 5.56 Å². The summed E-state index contributed by atoms with van der Waals surface area (Å²) in [6, 6.07) is 10.1. The zero-order valence-corrected chi connectivity index (χ0v) is 17.4. The first-order valence-electron chi connectivity index (χ1n) is 9.60. The monoisotopic (exact) mass is 480 g/mol. The predicted octanol–water partition coefficient (Wildman–Crippen LogP) is 7.23. The van der Waals surface area contributed by atoms with Gasteiger partial charge in [0, 0.05) is 34.6 Å². The number of nitrogens with zero attached hydrogens (tertiary/aromatic N) is 2. The van der Waals surface area contributed by atoms with Gasteiger partial charge in [-0.15, -0.1) is 0 Å². The zero-order valence-electron chi connectivity index (χ0n) is 17.4. The highest BCUT2D eigenvalue weighted by molar-refractivity contribution is 5.68. The summed E-state index contributed by atoms with van der Waals surface area (Å²) in [5, 5.41) is 0. The number of aryl methyl sites for hydroxylation is 1. The van der Waals surface area contributed by atoms with Crippen LogP contribution < -0.4 is 4.94 Å². The van der Waals surface area contributed by atoms with Crippen LogP contribution in [-0.4, -0.2) is 9.97 Å². The molecule has 176 valence electrons. The van der Waals surface area contributed by atoms with Gasteiger partial charge in [-0.3, -0.25) is 4.94 Å². The van der Waals surface area contributed by atoms with E-state index >= 15 is 0 Å². The van der Waals surface area contributed by atoms with Gasteiger partial charge >= 0.3 is 0 Å². The molecule has 10 heteroatoms. The number of hydrogen-bond acceptors (Lipinski definition) is 3. The third-order valence-corrected chi connectivity index (χ3v) is 4.58. The lowest BCUT2D eigenvalue weighted by atomic mass is 10.0. The second-order valence-electron chi connectivity index (χ2n) is 6.99. The summed E-state index contributed by atoms with van der Waals surface area (Å²) >= 11 is 0. The fourth-order valence-electron chi connectivity index (χ4n) is 2.83. The number of hydrogen-bond donors (Lipinski definition) is 0. The maximum absolute atomic E-state index is 13.7. The van der Waals surface area contributed by atoms with E-state index in [-0.39, 0.29) is 0 Å². The van der Waals surface area contributed by atoms with Gasteiger partial charge in [0.25, 0.3) is 0 Å². The van der Waals surface area contributed by atoms with Gasteiger partial charge in [-0.2, -0.15) is 0 Å². The Kier molecular flexibility index (Phi) is 7.83. The molecule has 1 aromatic heterocycles. The van der Waals surface area contributed by atoms with E-state index in [2.05, 4.69) is 14.9 Å². The summed E-state index contributed by atoms with van der Waals surface area (Å²) in [5.74, 6) is -6.52. The van der Waals surface area contributed by atoms with E-state index in [1.54, 1.807) is 36.7 Å². The van der Waals surface area contributed by atoms with Crippen molar-refractivity contribution in [2.75, 3.05) is 0 Å². The van der Waals surface area contributed by atoms with Crippen molar-refractivity contribution in [2.24, 2.45) is 0 Å². The van der Waals surface area contributed by atoms with Gasteiger partial charge in [0.2, 0.25) is 0 Å². The van der Waals surface area contributed by atoms with E-state index in [0.29, 0.717) is 29.1 Å². The molecule has 0 radical (unpaired) electrons. The van der Waals surface area contributed by atoms with Crippen molar-refractivity contribution in [1.82, 2.24) is 9.97 Å². The summed E-state index contributed by atoms with van der Waals surface area (Å²) in [7, 11) is 0. The summed E-state index contributed by atoms with van der Waals surface area (Å²) in [4.78, 5) is 11.4. The molecule has 0 fully saturated rings. The van der Waals surface area contributed by atoms with Crippen LogP contribution in [0.15, 0.2) is 60.9 Å². The molecule has 0 saturated carbocycles. The van der Waals surface area contributed by atoms with E-state index in [9.17, 15) is 30.9 Å². The zero-order chi connectivity index (χ0) is 24.8. The highest BCUT2D eigenvalue weighted by Gasteiger charge is 2.13. The van der Waals surface area contributed by atoms with Gasteiger partial charge < -0.3 is 0 Å². The first kappa shape index (κ1) is 24.7. The molecular weight excluding hydrogens is 465 g/mol. The average molecular weight is 480 g/mol. The summed E-state index contributed by atoms with van der Waals surface area (Å²) in [6.07, 6.45) is 3.44. The van der Waals surface area contributed by atoms with Crippen LogP contribution >= 0.6 is 0 Å². The van der Waals surface area contributed by atoms with Crippen molar-refractivity contribution in [3.63, 3.8) is 0 Å². The fourth-order valence-corrected chi connectivity index (χ4v) is 2.83. The third-order valence-electron chi connectivity index (χ3n) is 4.58. The van der Waals surface area contributed by atoms with Gasteiger partial charge in [-0.1, -0.05) is 24.3 Å². The Bertz CT molecular complexity index is 1230. The van der Waals surface area contributed by atoms with E-state index in [4.69, 9.17) is 0 Å². The Labute approximate surface area is 189 Å². The Morgan fingerprint density at radius 3 is 1.68 bits per heavy atom. The smallest absolute Gasteiger partial charge is 0.194 e. The van der Waals surface area contributed by atoms with Crippen LogP contribution in [0.2, 0.25) is 0 Å². The number of rotatable bonds is 4. The number of benzene rings is 3. The van der Waals surface area contributed by atoms with Gasteiger partial charge in [0.15, 0.2) is 29.0 Å². The maximum atomic E-state index is 13.7. The van der Waals surface area contributed by atoms with Gasteiger partial charge in [-0.05, 0) is 35.7 Å². The molecule has 1 heterocycles. The van der Waals surface area contributed by atoms with Crippen LogP contribution in [0, 0.1) is 36.0 Å². The lowest BCUT2D eigenvalue weighted by molar-refractivity contribution is -0.00711. The van der Waals surface area contributed by atoms with Crippen molar-refractivity contribution in [3.05, 3.63) is 101 Å². The number of halogens is 7. The van der Waals surface area contributed by atoms with Crippen molar-refractivity contribution in [1.29, 1.82) is 0 Å². The maximum Gasteiger partial charge on any atom is 0.194 e.